The van der Waals surface area contributed by atoms with Crippen LogP contribution in [0.3, 0.4) is 0 Å². The van der Waals surface area contributed by atoms with E-state index in [9.17, 15) is 14.7 Å². The molecule has 1 amide bonds. The molecule has 1 saturated heterocycles. The van der Waals surface area contributed by atoms with E-state index in [0.29, 0.717) is 48.0 Å². The Kier molecular flexibility index (Phi) is 7.13. The number of rotatable bonds is 9. The molecule has 0 bridgehead atoms. The quantitative estimate of drug-likeness (QED) is 0.230. The molecular formula is C30H31NO7. The molecule has 3 aromatic rings. The van der Waals surface area contributed by atoms with Crippen LogP contribution in [0.2, 0.25) is 0 Å². The number of ether oxygens (including phenoxy) is 3. The number of furan rings is 1. The predicted octanol–water partition coefficient (Wildman–Crippen LogP) is 5.41. The van der Waals surface area contributed by atoms with Gasteiger partial charge in [0, 0.05) is 12.0 Å². The van der Waals surface area contributed by atoms with Gasteiger partial charge in [-0.1, -0.05) is 13.0 Å². The second-order valence-corrected chi connectivity index (χ2v) is 9.45. The standard InChI is InChI=1S/C30H31NO7/c1-4-12-37-24-11-8-19(16-25(24)35-5-2)27-26(29(33)30(34)31(27)17-22-7-6-13-36-22)28(32)20-9-10-23-21(15-20)14-18(3)38-23/h6-11,13,15-16,18,27,32H,4-5,12,14,17H2,1-3H3/b28-26+/t18-,27-/m0/s1. The fourth-order valence-electron chi connectivity index (χ4n) is 4.98. The summed E-state index contributed by atoms with van der Waals surface area (Å²) in [5, 5.41) is 11.5. The number of ketones is 1. The van der Waals surface area contributed by atoms with Crippen molar-refractivity contribution in [2.45, 2.75) is 52.3 Å². The van der Waals surface area contributed by atoms with E-state index >= 15 is 0 Å². The third-order valence-electron chi connectivity index (χ3n) is 6.66. The third kappa shape index (κ3) is 4.74. The van der Waals surface area contributed by atoms with Gasteiger partial charge in [-0.3, -0.25) is 9.59 Å². The van der Waals surface area contributed by atoms with Crippen LogP contribution in [0.4, 0.5) is 0 Å². The summed E-state index contributed by atoms with van der Waals surface area (Å²) in [6.45, 7) is 6.86. The topological polar surface area (TPSA) is 98.4 Å². The highest BCUT2D eigenvalue weighted by Crippen LogP contribution is 2.43. The van der Waals surface area contributed by atoms with Gasteiger partial charge >= 0.3 is 0 Å². The van der Waals surface area contributed by atoms with Crippen molar-refractivity contribution >= 4 is 17.4 Å². The predicted molar refractivity (Wildman–Crippen MR) is 140 cm³/mol. The Hall–Kier alpha value is -4.20. The smallest absolute Gasteiger partial charge is 0.296 e. The molecular weight excluding hydrogens is 486 g/mol. The van der Waals surface area contributed by atoms with Crippen molar-refractivity contribution < 1.29 is 33.3 Å². The number of hydrogen-bond acceptors (Lipinski definition) is 7. The van der Waals surface area contributed by atoms with Crippen molar-refractivity contribution in [3.8, 4) is 17.2 Å². The van der Waals surface area contributed by atoms with E-state index in [-0.39, 0.29) is 24.0 Å². The van der Waals surface area contributed by atoms with E-state index in [1.165, 1.54) is 11.2 Å². The zero-order valence-electron chi connectivity index (χ0n) is 21.7. The summed E-state index contributed by atoms with van der Waals surface area (Å²) in [4.78, 5) is 28.2. The first-order valence-corrected chi connectivity index (χ1v) is 12.9. The minimum Gasteiger partial charge on any atom is -0.507 e. The molecule has 2 atom stereocenters. The first-order chi connectivity index (χ1) is 18.4. The van der Waals surface area contributed by atoms with Crippen molar-refractivity contribution in [1.82, 2.24) is 4.90 Å². The molecule has 38 heavy (non-hydrogen) atoms. The highest BCUT2D eigenvalue weighted by atomic mass is 16.5. The molecule has 0 spiro atoms. The van der Waals surface area contributed by atoms with Gasteiger partial charge in [-0.05, 0) is 73.9 Å². The normalized spacial score (nSPS) is 19.9. The number of aliphatic hydroxyl groups is 1. The van der Waals surface area contributed by atoms with Crippen LogP contribution in [-0.2, 0) is 22.6 Å². The molecule has 2 aliphatic rings. The van der Waals surface area contributed by atoms with Gasteiger partial charge in [-0.25, -0.2) is 0 Å². The molecule has 1 aromatic heterocycles. The number of amides is 1. The molecule has 8 heteroatoms. The number of hydrogen-bond donors (Lipinski definition) is 1. The van der Waals surface area contributed by atoms with Crippen LogP contribution in [0, 0.1) is 0 Å². The molecule has 0 saturated carbocycles. The minimum absolute atomic E-state index is 0.0122. The first-order valence-electron chi connectivity index (χ1n) is 12.9. The molecule has 2 aromatic carbocycles. The van der Waals surface area contributed by atoms with E-state index < -0.39 is 17.7 Å². The highest BCUT2D eigenvalue weighted by Gasteiger charge is 2.46. The van der Waals surface area contributed by atoms with Gasteiger partial charge in [0.25, 0.3) is 11.7 Å². The Bertz CT molecular complexity index is 1380. The van der Waals surface area contributed by atoms with E-state index in [0.717, 1.165) is 17.7 Å². The zero-order valence-corrected chi connectivity index (χ0v) is 21.7. The van der Waals surface area contributed by atoms with E-state index in [1.807, 2.05) is 26.8 Å². The summed E-state index contributed by atoms with van der Waals surface area (Å²) in [6, 6.07) is 13.3. The number of carbonyl (C=O) groups excluding carboxylic acids is 2. The van der Waals surface area contributed by atoms with Gasteiger partial charge < -0.3 is 28.6 Å². The summed E-state index contributed by atoms with van der Waals surface area (Å²) in [5.74, 6) is 0.658. The summed E-state index contributed by atoms with van der Waals surface area (Å²) < 4.78 is 23.0. The molecule has 2 aliphatic heterocycles. The summed E-state index contributed by atoms with van der Waals surface area (Å²) >= 11 is 0. The van der Waals surface area contributed by atoms with Crippen molar-refractivity contribution in [3.05, 3.63) is 82.8 Å². The van der Waals surface area contributed by atoms with Crippen LogP contribution >= 0.6 is 0 Å². The van der Waals surface area contributed by atoms with E-state index in [1.54, 1.807) is 42.5 Å². The lowest BCUT2D eigenvalue weighted by Crippen LogP contribution is -2.29. The molecule has 0 aliphatic carbocycles. The van der Waals surface area contributed by atoms with Gasteiger partial charge in [-0.2, -0.15) is 0 Å². The fourth-order valence-corrected chi connectivity index (χ4v) is 4.98. The number of benzene rings is 2. The molecule has 3 heterocycles. The number of Topliss-reactive ketones (excluding diaryl/α,β-unsaturated/α-hetero) is 1. The van der Waals surface area contributed by atoms with Crippen LogP contribution in [0.25, 0.3) is 5.76 Å². The Labute approximate surface area is 221 Å². The van der Waals surface area contributed by atoms with Gasteiger partial charge in [0.15, 0.2) is 11.5 Å². The Morgan fingerprint density at radius 2 is 1.92 bits per heavy atom. The average molecular weight is 518 g/mol. The first kappa shape index (κ1) is 25.4. The maximum absolute atomic E-state index is 13.4. The molecule has 1 fully saturated rings. The van der Waals surface area contributed by atoms with E-state index in [4.69, 9.17) is 18.6 Å². The number of carbonyl (C=O) groups is 2. The average Bonchev–Trinajstić information content (AvgIpc) is 3.62. The Balaban J connectivity index is 1.63. The Morgan fingerprint density at radius 3 is 2.66 bits per heavy atom. The maximum atomic E-state index is 13.4. The van der Waals surface area contributed by atoms with Crippen LogP contribution < -0.4 is 14.2 Å². The minimum atomic E-state index is -0.858. The molecule has 0 radical (unpaired) electrons. The van der Waals surface area contributed by atoms with Crippen LogP contribution in [0.5, 0.6) is 17.2 Å². The van der Waals surface area contributed by atoms with Crippen molar-refractivity contribution in [3.63, 3.8) is 0 Å². The monoisotopic (exact) mass is 517 g/mol. The second-order valence-electron chi connectivity index (χ2n) is 9.45. The summed E-state index contributed by atoms with van der Waals surface area (Å²) in [6.07, 6.45) is 3.08. The van der Waals surface area contributed by atoms with Crippen molar-refractivity contribution in [1.29, 1.82) is 0 Å². The van der Waals surface area contributed by atoms with Crippen LogP contribution in [0.15, 0.2) is 64.8 Å². The van der Waals surface area contributed by atoms with Crippen LogP contribution in [0.1, 0.15) is 55.7 Å². The lowest BCUT2D eigenvalue weighted by Gasteiger charge is -2.25. The van der Waals surface area contributed by atoms with Crippen molar-refractivity contribution in [2.75, 3.05) is 13.2 Å². The number of aliphatic hydroxyl groups excluding tert-OH is 1. The van der Waals surface area contributed by atoms with Crippen LogP contribution in [-0.4, -0.2) is 41.0 Å². The van der Waals surface area contributed by atoms with Gasteiger partial charge in [0.2, 0.25) is 0 Å². The lowest BCUT2D eigenvalue weighted by atomic mass is 9.94. The largest absolute Gasteiger partial charge is 0.507 e. The van der Waals surface area contributed by atoms with Crippen molar-refractivity contribution in [2.24, 2.45) is 0 Å². The van der Waals surface area contributed by atoms with E-state index in [2.05, 4.69) is 0 Å². The summed E-state index contributed by atoms with van der Waals surface area (Å²) in [5.41, 5.74) is 2.02. The SMILES string of the molecule is CCCOc1ccc([C@H]2/C(=C(\O)c3ccc4c(c3)C[C@H](C)O4)C(=O)C(=O)N2Cc2ccco2)cc1OCC. The van der Waals surface area contributed by atoms with Gasteiger partial charge in [0.1, 0.15) is 23.4 Å². The molecule has 5 rings (SSSR count). The molecule has 0 unspecified atom stereocenters. The third-order valence-corrected chi connectivity index (χ3v) is 6.66. The number of likely N-dealkylation sites (tertiary alicyclic amines) is 1. The highest BCUT2D eigenvalue weighted by molar-refractivity contribution is 6.46. The molecule has 1 N–H and O–H groups in total. The fraction of sp³-hybridized carbons (Fsp3) is 0.333. The maximum Gasteiger partial charge on any atom is 0.296 e. The van der Waals surface area contributed by atoms with Gasteiger partial charge in [0.05, 0.1) is 37.6 Å². The zero-order chi connectivity index (χ0) is 26.8. The number of nitrogens with zero attached hydrogens (tertiary/aromatic N) is 1. The summed E-state index contributed by atoms with van der Waals surface area (Å²) in [7, 11) is 0. The lowest BCUT2D eigenvalue weighted by molar-refractivity contribution is -0.140. The Morgan fingerprint density at radius 1 is 1.08 bits per heavy atom. The van der Waals surface area contributed by atoms with Gasteiger partial charge in [-0.15, -0.1) is 0 Å². The second kappa shape index (κ2) is 10.7. The molecule has 8 nitrogen and oxygen atoms in total. The molecule has 198 valence electrons. The number of fused-ring (bicyclic) bond motifs is 1.